The molecule has 1 aromatic carbocycles. The van der Waals surface area contributed by atoms with Crippen LogP contribution in [0.25, 0.3) is 0 Å². The van der Waals surface area contributed by atoms with E-state index in [2.05, 4.69) is 0 Å². The summed E-state index contributed by atoms with van der Waals surface area (Å²) in [6, 6.07) is 5.86. The highest BCUT2D eigenvalue weighted by Gasteiger charge is 2.31. The van der Waals surface area contributed by atoms with E-state index in [1.165, 1.54) is 12.8 Å². The van der Waals surface area contributed by atoms with E-state index in [-0.39, 0.29) is 6.04 Å². The minimum atomic E-state index is 0.0787. The third-order valence-corrected chi connectivity index (χ3v) is 2.93. The molecule has 0 bridgehead atoms. The zero-order chi connectivity index (χ0) is 10.8. The number of rotatable bonds is 4. The Labute approximate surface area is 90.2 Å². The van der Waals surface area contributed by atoms with Crippen LogP contribution in [0.4, 0.5) is 0 Å². The third kappa shape index (κ3) is 2.07. The second-order valence-corrected chi connectivity index (χ2v) is 3.97. The molecule has 1 aromatic rings. The van der Waals surface area contributed by atoms with Gasteiger partial charge in [0.25, 0.3) is 0 Å². The Morgan fingerprint density at radius 3 is 2.53 bits per heavy atom. The van der Waals surface area contributed by atoms with Gasteiger partial charge in [0.15, 0.2) is 0 Å². The van der Waals surface area contributed by atoms with Gasteiger partial charge < -0.3 is 15.2 Å². The smallest absolute Gasteiger partial charge is 0.123 e. The molecule has 1 atom stereocenters. The lowest BCUT2D eigenvalue weighted by Gasteiger charge is -2.16. The molecule has 0 aromatic heterocycles. The van der Waals surface area contributed by atoms with Crippen molar-refractivity contribution < 1.29 is 9.47 Å². The van der Waals surface area contributed by atoms with E-state index in [1.807, 2.05) is 18.2 Å². The van der Waals surface area contributed by atoms with Gasteiger partial charge in [0.05, 0.1) is 14.2 Å². The van der Waals surface area contributed by atoms with Gasteiger partial charge in [0, 0.05) is 11.6 Å². The van der Waals surface area contributed by atoms with E-state index in [0.717, 1.165) is 17.1 Å². The third-order valence-electron chi connectivity index (χ3n) is 2.93. The van der Waals surface area contributed by atoms with Crippen LogP contribution in [-0.4, -0.2) is 14.2 Å². The fourth-order valence-electron chi connectivity index (χ4n) is 1.81. The topological polar surface area (TPSA) is 44.5 Å². The predicted molar refractivity (Wildman–Crippen MR) is 59.2 cm³/mol. The molecule has 0 heterocycles. The van der Waals surface area contributed by atoms with Crippen molar-refractivity contribution in [3.63, 3.8) is 0 Å². The predicted octanol–water partition coefficient (Wildman–Crippen LogP) is 2.11. The van der Waals surface area contributed by atoms with E-state index in [0.29, 0.717) is 5.92 Å². The molecule has 0 saturated heterocycles. The van der Waals surface area contributed by atoms with Crippen LogP contribution >= 0.6 is 0 Å². The lowest BCUT2D eigenvalue weighted by molar-refractivity contribution is 0.393. The Morgan fingerprint density at radius 2 is 2.00 bits per heavy atom. The normalized spacial score (nSPS) is 17.3. The first kappa shape index (κ1) is 10.3. The molecule has 1 fully saturated rings. The number of methoxy groups -OCH3 is 2. The van der Waals surface area contributed by atoms with Crippen molar-refractivity contribution in [1.82, 2.24) is 0 Å². The zero-order valence-corrected chi connectivity index (χ0v) is 9.19. The van der Waals surface area contributed by atoms with Crippen molar-refractivity contribution in [2.45, 2.75) is 18.9 Å². The highest BCUT2D eigenvalue weighted by atomic mass is 16.5. The van der Waals surface area contributed by atoms with Gasteiger partial charge in [0.1, 0.15) is 11.5 Å². The van der Waals surface area contributed by atoms with Gasteiger partial charge in [-0.2, -0.15) is 0 Å². The summed E-state index contributed by atoms with van der Waals surface area (Å²) in [7, 11) is 3.33. The lowest BCUT2D eigenvalue weighted by atomic mass is 10.0. The Morgan fingerprint density at radius 1 is 1.27 bits per heavy atom. The standard InChI is InChI=1S/C12H17NO2/c1-14-9-5-6-11(15-2)10(7-9)12(13)8-3-4-8/h5-8,12H,3-4,13H2,1-2H3. The van der Waals surface area contributed by atoms with Gasteiger partial charge in [-0.3, -0.25) is 0 Å². The molecule has 1 aliphatic carbocycles. The number of hydrogen-bond donors (Lipinski definition) is 1. The minimum Gasteiger partial charge on any atom is -0.497 e. The maximum absolute atomic E-state index is 6.16. The molecule has 1 aliphatic rings. The minimum absolute atomic E-state index is 0.0787. The molecule has 2 rings (SSSR count). The first-order valence-electron chi connectivity index (χ1n) is 5.23. The average molecular weight is 207 g/mol. The maximum Gasteiger partial charge on any atom is 0.123 e. The van der Waals surface area contributed by atoms with Crippen LogP contribution in [0.15, 0.2) is 18.2 Å². The van der Waals surface area contributed by atoms with Gasteiger partial charge in [-0.1, -0.05) is 0 Å². The fraction of sp³-hybridized carbons (Fsp3) is 0.500. The number of hydrogen-bond acceptors (Lipinski definition) is 3. The molecule has 0 spiro atoms. The van der Waals surface area contributed by atoms with Crippen LogP contribution < -0.4 is 15.2 Å². The average Bonchev–Trinajstić information content (AvgIpc) is 3.11. The van der Waals surface area contributed by atoms with Crippen LogP contribution in [0.5, 0.6) is 11.5 Å². The Balaban J connectivity index is 2.31. The molecule has 1 saturated carbocycles. The lowest BCUT2D eigenvalue weighted by Crippen LogP contribution is -2.13. The van der Waals surface area contributed by atoms with Crippen molar-refractivity contribution in [2.24, 2.45) is 11.7 Å². The first-order chi connectivity index (χ1) is 7.26. The second kappa shape index (κ2) is 4.11. The zero-order valence-electron chi connectivity index (χ0n) is 9.19. The van der Waals surface area contributed by atoms with Gasteiger partial charge in [-0.05, 0) is 37.0 Å². The second-order valence-electron chi connectivity index (χ2n) is 3.97. The highest BCUT2D eigenvalue weighted by Crippen LogP contribution is 2.42. The van der Waals surface area contributed by atoms with E-state index >= 15 is 0 Å². The summed E-state index contributed by atoms with van der Waals surface area (Å²) in [4.78, 5) is 0. The first-order valence-corrected chi connectivity index (χ1v) is 5.23. The molecular weight excluding hydrogens is 190 g/mol. The summed E-state index contributed by atoms with van der Waals surface area (Å²) in [5.41, 5.74) is 7.22. The van der Waals surface area contributed by atoms with Crippen LogP contribution in [-0.2, 0) is 0 Å². The molecule has 15 heavy (non-hydrogen) atoms. The quantitative estimate of drug-likeness (QED) is 0.822. The van der Waals surface area contributed by atoms with Crippen LogP contribution in [0.2, 0.25) is 0 Å². The van der Waals surface area contributed by atoms with Gasteiger partial charge >= 0.3 is 0 Å². The largest absolute Gasteiger partial charge is 0.497 e. The Hall–Kier alpha value is -1.22. The van der Waals surface area contributed by atoms with Crippen LogP contribution in [0.3, 0.4) is 0 Å². The Bertz CT molecular complexity index is 347. The number of ether oxygens (including phenoxy) is 2. The van der Waals surface area contributed by atoms with Crippen molar-refractivity contribution >= 4 is 0 Å². The monoisotopic (exact) mass is 207 g/mol. The van der Waals surface area contributed by atoms with Gasteiger partial charge in [0.2, 0.25) is 0 Å². The number of benzene rings is 1. The fourth-order valence-corrected chi connectivity index (χ4v) is 1.81. The summed E-state index contributed by atoms with van der Waals surface area (Å²) < 4.78 is 10.5. The molecule has 0 radical (unpaired) electrons. The van der Waals surface area contributed by atoms with E-state index < -0.39 is 0 Å². The molecular formula is C12H17NO2. The summed E-state index contributed by atoms with van der Waals surface area (Å²) in [5, 5.41) is 0. The highest BCUT2D eigenvalue weighted by molar-refractivity contribution is 5.42. The number of nitrogens with two attached hydrogens (primary N) is 1. The van der Waals surface area contributed by atoms with Crippen molar-refractivity contribution in [3.8, 4) is 11.5 Å². The molecule has 2 N–H and O–H groups in total. The maximum atomic E-state index is 6.16. The summed E-state index contributed by atoms with van der Waals surface area (Å²) >= 11 is 0. The summed E-state index contributed by atoms with van der Waals surface area (Å²) in [6.45, 7) is 0. The molecule has 82 valence electrons. The molecule has 3 heteroatoms. The van der Waals surface area contributed by atoms with Gasteiger partial charge in [-0.15, -0.1) is 0 Å². The van der Waals surface area contributed by atoms with Gasteiger partial charge in [-0.25, -0.2) is 0 Å². The molecule has 0 amide bonds. The molecule has 1 unspecified atom stereocenters. The van der Waals surface area contributed by atoms with E-state index in [4.69, 9.17) is 15.2 Å². The van der Waals surface area contributed by atoms with Crippen molar-refractivity contribution in [1.29, 1.82) is 0 Å². The van der Waals surface area contributed by atoms with Crippen molar-refractivity contribution in [2.75, 3.05) is 14.2 Å². The molecule has 0 aliphatic heterocycles. The van der Waals surface area contributed by atoms with E-state index in [1.54, 1.807) is 14.2 Å². The summed E-state index contributed by atoms with van der Waals surface area (Å²) in [5.74, 6) is 2.31. The van der Waals surface area contributed by atoms with Crippen LogP contribution in [0.1, 0.15) is 24.4 Å². The molecule has 3 nitrogen and oxygen atoms in total. The van der Waals surface area contributed by atoms with E-state index in [9.17, 15) is 0 Å². The Kier molecular flexibility index (Phi) is 2.82. The summed E-state index contributed by atoms with van der Waals surface area (Å²) in [6.07, 6.45) is 2.45. The van der Waals surface area contributed by atoms with Crippen LogP contribution in [0, 0.1) is 5.92 Å². The SMILES string of the molecule is COc1ccc(OC)c(C(N)C2CC2)c1. The van der Waals surface area contributed by atoms with Crippen molar-refractivity contribution in [3.05, 3.63) is 23.8 Å².